The van der Waals surface area contributed by atoms with Crippen molar-refractivity contribution in [3.05, 3.63) is 34.9 Å². The lowest BCUT2D eigenvalue weighted by atomic mass is 10.0. The molecule has 0 radical (unpaired) electrons. The zero-order valence-electron chi connectivity index (χ0n) is 11.0. The first-order valence-electron chi connectivity index (χ1n) is 5.84. The van der Waals surface area contributed by atoms with Crippen molar-refractivity contribution in [1.29, 1.82) is 0 Å². The summed E-state index contributed by atoms with van der Waals surface area (Å²) in [7, 11) is 1.80. The van der Waals surface area contributed by atoms with E-state index in [1.54, 1.807) is 11.9 Å². The molecule has 1 aromatic rings. The molecule has 17 heavy (non-hydrogen) atoms. The van der Waals surface area contributed by atoms with Gasteiger partial charge in [-0.2, -0.15) is 0 Å². The number of halogens is 1. The Morgan fingerprint density at radius 1 is 1.41 bits per heavy atom. The molecule has 0 aromatic heterocycles. The summed E-state index contributed by atoms with van der Waals surface area (Å²) in [5.41, 5.74) is 3.45. The summed E-state index contributed by atoms with van der Waals surface area (Å²) in [6.07, 6.45) is 0.452. The van der Waals surface area contributed by atoms with E-state index in [4.69, 9.17) is 11.6 Å². The minimum atomic E-state index is -0.0115. The second kappa shape index (κ2) is 6.06. The number of hydrogen-bond acceptors (Lipinski definition) is 1. The van der Waals surface area contributed by atoms with Crippen molar-refractivity contribution in [3.63, 3.8) is 0 Å². The molecule has 2 nitrogen and oxygen atoms in total. The summed E-state index contributed by atoms with van der Waals surface area (Å²) in [5, 5.41) is -0.0115. The molecule has 0 aliphatic heterocycles. The van der Waals surface area contributed by atoms with Crippen LogP contribution in [0.2, 0.25) is 0 Å². The van der Waals surface area contributed by atoms with E-state index in [0.717, 1.165) is 11.1 Å². The highest BCUT2D eigenvalue weighted by molar-refractivity contribution is 6.20. The number of nitrogens with zero attached hydrogens (tertiary/aromatic N) is 1. The van der Waals surface area contributed by atoms with Gasteiger partial charge >= 0.3 is 0 Å². The van der Waals surface area contributed by atoms with E-state index in [-0.39, 0.29) is 11.3 Å². The van der Waals surface area contributed by atoms with Crippen LogP contribution in [0.25, 0.3) is 0 Å². The molecular formula is C14H20ClNO. The van der Waals surface area contributed by atoms with Crippen LogP contribution in [0, 0.1) is 13.8 Å². The predicted octanol–water partition coefficient (Wildman–Crippen LogP) is 2.93. The minimum Gasteiger partial charge on any atom is -0.344 e. The van der Waals surface area contributed by atoms with Gasteiger partial charge < -0.3 is 4.90 Å². The van der Waals surface area contributed by atoms with Crippen LogP contribution in [0.5, 0.6) is 0 Å². The largest absolute Gasteiger partial charge is 0.344 e. The lowest BCUT2D eigenvalue weighted by Crippen LogP contribution is -2.32. The van der Waals surface area contributed by atoms with Crippen LogP contribution in [0.15, 0.2) is 18.2 Å². The van der Waals surface area contributed by atoms with E-state index < -0.39 is 0 Å². The zero-order chi connectivity index (χ0) is 13.0. The highest BCUT2D eigenvalue weighted by Crippen LogP contribution is 2.12. The topological polar surface area (TPSA) is 20.3 Å². The predicted molar refractivity (Wildman–Crippen MR) is 72.6 cm³/mol. The second-order valence-electron chi connectivity index (χ2n) is 4.66. The summed E-state index contributed by atoms with van der Waals surface area (Å²) < 4.78 is 0. The molecule has 0 fully saturated rings. The molecule has 0 heterocycles. The average molecular weight is 254 g/mol. The first-order chi connectivity index (χ1) is 7.90. The molecule has 0 N–H and O–H groups in total. The van der Waals surface area contributed by atoms with Crippen LogP contribution in [0.1, 0.15) is 23.6 Å². The van der Waals surface area contributed by atoms with Crippen molar-refractivity contribution < 1.29 is 4.79 Å². The van der Waals surface area contributed by atoms with Gasteiger partial charge in [0, 0.05) is 19.0 Å². The van der Waals surface area contributed by atoms with Gasteiger partial charge in [-0.3, -0.25) is 4.79 Å². The maximum Gasteiger partial charge on any atom is 0.226 e. The fourth-order valence-corrected chi connectivity index (χ4v) is 1.97. The highest BCUT2D eigenvalue weighted by Gasteiger charge is 2.12. The number of benzene rings is 1. The Morgan fingerprint density at radius 3 is 2.65 bits per heavy atom. The normalized spacial score (nSPS) is 12.3. The monoisotopic (exact) mass is 253 g/mol. The number of aryl methyl sites for hydroxylation is 2. The first kappa shape index (κ1) is 14.0. The summed E-state index contributed by atoms with van der Waals surface area (Å²) in [6, 6.07) is 6.20. The van der Waals surface area contributed by atoms with Gasteiger partial charge in [-0.05, 0) is 31.9 Å². The van der Waals surface area contributed by atoms with Crippen LogP contribution in [0.3, 0.4) is 0 Å². The quantitative estimate of drug-likeness (QED) is 0.756. The van der Waals surface area contributed by atoms with E-state index >= 15 is 0 Å². The van der Waals surface area contributed by atoms with Crippen LogP contribution < -0.4 is 0 Å². The van der Waals surface area contributed by atoms with Crippen molar-refractivity contribution in [2.45, 2.75) is 32.6 Å². The van der Waals surface area contributed by atoms with Gasteiger partial charge in [0.2, 0.25) is 5.91 Å². The zero-order valence-corrected chi connectivity index (χ0v) is 11.7. The molecule has 94 valence electrons. The van der Waals surface area contributed by atoms with Gasteiger partial charge in [-0.1, -0.05) is 23.8 Å². The number of amides is 1. The van der Waals surface area contributed by atoms with Crippen molar-refractivity contribution in [2.24, 2.45) is 0 Å². The Hall–Kier alpha value is -1.02. The van der Waals surface area contributed by atoms with Gasteiger partial charge in [-0.15, -0.1) is 11.6 Å². The molecular weight excluding hydrogens is 234 g/mol. The molecule has 0 spiro atoms. The molecule has 1 aromatic carbocycles. The Balaban J connectivity index is 2.70. The van der Waals surface area contributed by atoms with Crippen molar-refractivity contribution in [1.82, 2.24) is 4.90 Å². The SMILES string of the molecule is Cc1ccc(C)c(CC(=O)N(C)CC(C)Cl)c1. The van der Waals surface area contributed by atoms with E-state index in [1.165, 1.54) is 5.56 Å². The van der Waals surface area contributed by atoms with Crippen LogP contribution in [0.4, 0.5) is 0 Å². The fourth-order valence-electron chi connectivity index (χ4n) is 1.77. The summed E-state index contributed by atoms with van der Waals surface area (Å²) in [5.74, 6) is 0.117. The number of rotatable bonds is 4. The lowest BCUT2D eigenvalue weighted by molar-refractivity contribution is -0.129. The van der Waals surface area contributed by atoms with E-state index in [9.17, 15) is 4.79 Å². The number of alkyl halides is 1. The maximum absolute atomic E-state index is 12.0. The van der Waals surface area contributed by atoms with Crippen LogP contribution in [-0.2, 0) is 11.2 Å². The summed E-state index contributed by atoms with van der Waals surface area (Å²) in [4.78, 5) is 13.7. The maximum atomic E-state index is 12.0. The van der Waals surface area contributed by atoms with Crippen LogP contribution in [-0.4, -0.2) is 29.8 Å². The molecule has 0 saturated carbocycles. The molecule has 1 amide bonds. The van der Waals surface area contributed by atoms with E-state index in [0.29, 0.717) is 13.0 Å². The third-order valence-corrected chi connectivity index (χ3v) is 2.94. The molecule has 0 saturated heterocycles. The molecule has 0 aliphatic carbocycles. The molecule has 1 atom stereocenters. The smallest absolute Gasteiger partial charge is 0.226 e. The Bertz CT molecular complexity index is 401. The molecule has 1 rings (SSSR count). The number of hydrogen-bond donors (Lipinski definition) is 0. The minimum absolute atomic E-state index is 0.0115. The van der Waals surface area contributed by atoms with Crippen molar-refractivity contribution in [3.8, 4) is 0 Å². The van der Waals surface area contributed by atoms with Crippen molar-refractivity contribution >= 4 is 17.5 Å². The van der Waals surface area contributed by atoms with E-state index in [1.807, 2.05) is 20.8 Å². The summed E-state index contributed by atoms with van der Waals surface area (Å²) in [6.45, 7) is 6.55. The standard InChI is InChI=1S/C14H20ClNO/c1-10-5-6-11(2)13(7-10)8-14(17)16(4)9-12(3)15/h5-7,12H,8-9H2,1-4H3. The van der Waals surface area contributed by atoms with Gasteiger partial charge in [0.25, 0.3) is 0 Å². The number of likely N-dealkylation sites (N-methyl/N-ethyl adjacent to an activating group) is 1. The first-order valence-corrected chi connectivity index (χ1v) is 6.28. The second-order valence-corrected chi connectivity index (χ2v) is 5.41. The fraction of sp³-hybridized carbons (Fsp3) is 0.500. The Kier molecular flexibility index (Phi) is 5.01. The van der Waals surface area contributed by atoms with E-state index in [2.05, 4.69) is 18.2 Å². The molecule has 1 unspecified atom stereocenters. The summed E-state index contributed by atoms with van der Waals surface area (Å²) >= 11 is 5.88. The van der Waals surface area contributed by atoms with Crippen molar-refractivity contribution in [2.75, 3.05) is 13.6 Å². The number of carbonyl (C=O) groups excluding carboxylic acids is 1. The third-order valence-electron chi connectivity index (χ3n) is 2.80. The molecule has 0 bridgehead atoms. The Morgan fingerprint density at radius 2 is 2.06 bits per heavy atom. The number of carbonyl (C=O) groups is 1. The van der Waals surface area contributed by atoms with Gasteiger partial charge in [0.1, 0.15) is 0 Å². The highest BCUT2D eigenvalue weighted by atomic mass is 35.5. The Labute approximate surface area is 109 Å². The van der Waals surface area contributed by atoms with Gasteiger partial charge in [0.15, 0.2) is 0 Å². The third kappa shape index (κ3) is 4.39. The van der Waals surface area contributed by atoms with Crippen LogP contribution >= 0.6 is 11.6 Å². The van der Waals surface area contributed by atoms with Gasteiger partial charge in [0.05, 0.1) is 6.42 Å². The van der Waals surface area contributed by atoms with Gasteiger partial charge in [-0.25, -0.2) is 0 Å². The molecule has 3 heteroatoms. The lowest BCUT2D eigenvalue weighted by Gasteiger charge is -2.19. The average Bonchev–Trinajstić information content (AvgIpc) is 2.22. The molecule has 0 aliphatic rings.